The molecule has 1 aromatic rings. The van der Waals surface area contributed by atoms with Gasteiger partial charge in [0, 0.05) is 36.7 Å². The van der Waals surface area contributed by atoms with Gasteiger partial charge in [0.2, 0.25) is 0 Å². The van der Waals surface area contributed by atoms with E-state index >= 15 is 0 Å². The summed E-state index contributed by atoms with van der Waals surface area (Å²) < 4.78 is 38.4. The maximum atomic E-state index is 12.6. The van der Waals surface area contributed by atoms with Crippen molar-refractivity contribution in [3.63, 3.8) is 0 Å². The average molecular weight is 337 g/mol. The quantitative estimate of drug-likeness (QED) is 0.890. The summed E-state index contributed by atoms with van der Waals surface area (Å²) in [4.78, 5) is 2.27. The largest absolute Gasteiger partial charge is 0.416 e. The number of nitrogens with one attached hydrogen (secondary N) is 1. The van der Waals surface area contributed by atoms with Gasteiger partial charge in [0.25, 0.3) is 0 Å². The maximum absolute atomic E-state index is 12.6. The van der Waals surface area contributed by atoms with E-state index in [0.29, 0.717) is 4.47 Å². The smallest absolute Gasteiger partial charge is 0.314 e. The Balaban J connectivity index is 2.20. The van der Waals surface area contributed by atoms with Gasteiger partial charge < -0.3 is 5.32 Å². The van der Waals surface area contributed by atoms with Crippen LogP contribution in [-0.2, 0) is 6.18 Å². The number of hydrogen-bond donors (Lipinski definition) is 1. The van der Waals surface area contributed by atoms with Gasteiger partial charge in [-0.25, -0.2) is 0 Å². The molecule has 1 unspecified atom stereocenters. The van der Waals surface area contributed by atoms with Crippen molar-refractivity contribution in [2.24, 2.45) is 0 Å². The lowest BCUT2D eigenvalue weighted by atomic mass is 10.0. The van der Waals surface area contributed by atoms with Gasteiger partial charge in [0.1, 0.15) is 0 Å². The number of hydrogen-bond acceptors (Lipinski definition) is 2. The molecule has 1 heterocycles. The molecule has 0 spiro atoms. The molecule has 19 heavy (non-hydrogen) atoms. The second-order valence-corrected chi connectivity index (χ2v) is 5.55. The van der Waals surface area contributed by atoms with Gasteiger partial charge in [-0.1, -0.05) is 22.0 Å². The molecular formula is C13H16BrF3N2. The van der Waals surface area contributed by atoms with Crippen molar-refractivity contribution in [2.75, 3.05) is 26.2 Å². The zero-order valence-corrected chi connectivity index (χ0v) is 12.2. The van der Waals surface area contributed by atoms with Crippen molar-refractivity contribution in [3.05, 3.63) is 33.8 Å². The molecule has 1 saturated heterocycles. The third-order valence-electron chi connectivity index (χ3n) is 3.48. The Morgan fingerprint density at radius 2 is 1.89 bits per heavy atom. The molecule has 2 nitrogen and oxygen atoms in total. The highest BCUT2D eigenvalue weighted by molar-refractivity contribution is 9.10. The Bertz CT molecular complexity index is 442. The van der Waals surface area contributed by atoms with Gasteiger partial charge >= 0.3 is 6.18 Å². The summed E-state index contributed by atoms with van der Waals surface area (Å²) in [7, 11) is 0. The Labute approximate surface area is 119 Å². The van der Waals surface area contributed by atoms with Crippen molar-refractivity contribution in [3.8, 4) is 0 Å². The minimum absolute atomic E-state index is 0.110. The van der Waals surface area contributed by atoms with Crippen LogP contribution in [0.15, 0.2) is 22.7 Å². The zero-order chi connectivity index (χ0) is 14.0. The number of piperazine rings is 1. The molecule has 1 aromatic carbocycles. The highest BCUT2D eigenvalue weighted by Crippen LogP contribution is 2.35. The Morgan fingerprint density at radius 3 is 2.42 bits per heavy atom. The van der Waals surface area contributed by atoms with Crippen LogP contribution in [0.3, 0.4) is 0 Å². The lowest BCUT2D eigenvalue weighted by Gasteiger charge is -2.33. The molecule has 0 amide bonds. The summed E-state index contributed by atoms with van der Waals surface area (Å²) in [6.45, 7) is 5.69. The molecule has 1 N–H and O–H groups in total. The summed E-state index contributed by atoms with van der Waals surface area (Å²) in [6.07, 6.45) is -4.29. The van der Waals surface area contributed by atoms with Gasteiger partial charge in [-0.05, 0) is 24.6 Å². The molecule has 1 aliphatic rings. The predicted molar refractivity (Wildman–Crippen MR) is 72.0 cm³/mol. The lowest BCUT2D eigenvalue weighted by molar-refractivity contribution is -0.137. The molecule has 0 radical (unpaired) electrons. The van der Waals surface area contributed by atoms with Crippen LogP contribution in [0.25, 0.3) is 0 Å². The lowest BCUT2D eigenvalue weighted by Crippen LogP contribution is -2.44. The third kappa shape index (κ3) is 3.49. The summed E-state index contributed by atoms with van der Waals surface area (Å²) in [5, 5.41) is 3.26. The molecule has 0 saturated carbocycles. The van der Waals surface area contributed by atoms with Crippen LogP contribution in [0, 0.1) is 0 Å². The first-order valence-electron chi connectivity index (χ1n) is 6.21. The molecule has 0 bridgehead atoms. The number of alkyl halides is 3. The van der Waals surface area contributed by atoms with Crippen LogP contribution in [0.2, 0.25) is 0 Å². The molecule has 1 aliphatic heterocycles. The van der Waals surface area contributed by atoms with Crippen LogP contribution in [0.5, 0.6) is 0 Å². The molecule has 1 fully saturated rings. The summed E-state index contributed by atoms with van der Waals surface area (Å²) in [6, 6.07) is 3.99. The Hall–Kier alpha value is -0.590. The van der Waals surface area contributed by atoms with Crippen LogP contribution in [-0.4, -0.2) is 31.1 Å². The monoisotopic (exact) mass is 336 g/mol. The first-order valence-corrected chi connectivity index (χ1v) is 7.00. The van der Waals surface area contributed by atoms with Gasteiger partial charge in [0.15, 0.2) is 0 Å². The van der Waals surface area contributed by atoms with E-state index in [4.69, 9.17) is 0 Å². The van der Waals surface area contributed by atoms with E-state index in [2.05, 4.69) is 26.1 Å². The van der Waals surface area contributed by atoms with Gasteiger partial charge in [-0.2, -0.15) is 13.2 Å². The minimum Gasteiger partial charge on any atom is -0.314 e. The van der Waals surface area contributed by atoms with Crippen molar-refractivity contribution in [1.29, 1.82) is 0 Å². The summed E-state index contributed by atoms with van der Waals surface area (Å²) in [5.74, 6) is 0. The van der Waals surface area contributed by atoms with E-state index in [1.807, 2.05) is 6.92 Å². The Morgan fingerprint density at radius 1 is 1.26 bits per heavy atom. The van der Waals surface area contributed by atoms with Gasteiger partial charge in [0.05, 0.1) is 5.56 Å². The van der Waals surface area contributed by atoms with Gasteiger partial charge in [-0.3, -0.25) is 4.90 Å². The number of benzene rings is 1. The summed E-state index contributed by atoms with van der Waals surface area (Å²) >= 11 is 3.26. The Kier molecular flexibility index (Phi) is 4.53. The minimum atomic E-state index is -4.29. The SMILES string of the molecule is CC(c1ccc(C(F)(F)F)cc1Br)N1CCNCC1. The van der Waals surface area contributed by atoms with Crippen LogP contribution < -0.4 is 5.32 Å². The molecule has 2 rings (SSSR count). The zero-order valence-electron chi connectivity index (χ0n) is 10.6. The number of halogens is 4. The van der Waals surface area contributed by atoms with E-state index < -0.39 is 11.7 Å². The molecule has 106 valence electrons. The standard InChI is InChI=1S/C13H16BrF3N2/c1-9(19-6-4-18-5-7-19)11-3-2-10(8-12(11)14)13(15,16)17/h2-3,8-9,18H,4-7H2,1H3. The second kappa shape index (κ2) is 5.81. The van der Waals surface area contributed by atoms with E-state index in [-0.39, 0.29) is 6.04 Å². The number of nitrogens with zero attached hydrogens (tertiary/aromatic N) is 1. The highest BCUT2D eigenvalue weighted by Gasteiger charge is 2.31. The van der Waals surface area contributed by atoms with E-state index in [0.717, 1.165) is 43.9 Å². The fourth-order valence-corrected chi connectivity index (χ4v) is 3.02. The van der Waals surface area contributed by atoms with Crippen LogP contribution >= 0.6 is 15.9 Å². The second-order valence-electron chi connectivity index (χ2n) is 4.70. The first kappa shape index (κ1) is 14.8. The maximum Gasteiger partial charge on any atom is 0.416 e. The molecular weight excluding hydrogens is 321 g/mol. The third-order valence-corrected chi connectivity index (χ3v) is 4.16. The highest BCUT2D eigenvalue weighted by atomic mass is 79.9. The van der Waals surface area contributed by atoms with Crippen LogP contribution in [0.1, 0.15) is 24.1 Å². The first-order chi connectivity index (χ1) is 8.89. The van der Waals surface area contributed by atoms with E-state index in [1.54, 1.807) is 6.07 Å². The molecule has 1 atom stereocenters. The van der Waals surface area contributed by atoms with Crippen molar-refractivity contribution < 1.29 is 13.2 Å². The number of rotatable bonds is 2. The topological polar surface area (TPSA) is 15.3 Å². The molecule has 0 aromatic heterocycles. The van der Waals surface area contributed by atoms with Crippen molar-refractivity contribution in [1.82, 2.24) is 10.2 Å². The molecule has 0 aliphatic carbocycles. The van der Waals surface area contributed by atoms with E-state index in [1.165, 1.54) is 0 Å². The van der Waals surface area contributed by atoms with Crippen molar-refractivity contribution >= 4 is 15.9 Å². The molecule has 6 heteroatoms. The van der Waals surface area contributed by atoms with Gasteiger partial charge in [-0.15, -0.1) is 0 Å². The predicted octanol–water partition coefficient (Wildman–Crippen LogP) is 3.43. The van der Waals surface area contributed by atoms with E-state index in [9.17, 15) is 13.2 Å². The fraction of sp³-hybridized carbons (Fsp3) is 0.538. The van der Waals surface area contributed by atoms with Crippen LogP contribution in [0.4, 0.5) is 13.2 Å². The van der Waals surface area contributed by atoms with Crippen molar-refractivity contribution in [2.45, 2.75) is 19.1 Å². The normalized spacial score (nSPS) is 19.4. The average Bonchev–Trinajstić information content (AvgIpc) is 2.38. The summed E-state index contributed by atoms with van der Waals surface area (Å²) in [5.41, 5.74) is 0.283. The fourth-order valence-electron chi connectivity index (χ4n) is 2.31.